The van der Waals surface area contributed by atoms with Gasteiger partial charge in [-0.1, -0.05) is 18.2 Å². The van der Waals surface area contributed by atoms with Crippen LogP contribution in [0, 0.1) is 11.3 Å². The van der Waals surface area contributed by atoms with Crippen molar-refractivity contribution in [3.05, 3.63) is 65.4 Å². The molecule has 3 N–H and O–H groups in total. The first-order valence-corrected chi connectivity index (χ1v) is 7.54. The van der Waals surface area contributed by atoms with Gasteiger partial charge in [0.1, 0.15) is 17.6 Å². The van der Waals surface area contributed by atoms with Crippen molar-refractivity contribution >= 4 is 16.5 Å². The van der Waals surface area contributed by atoms with E-state index in [1.165, 1.54) is 0 Å². The molecule has 0 saturated heterocycles. The van der Waals surface area contributed by atoms with Gasteiger partial charge in [-0.2, -0.15) is 5.26 Å². The highest BCUT2D eigenvalue weighted by atomic mass is 16.5. The molecule has 1 aromatic heterocycles. The molecule has 3 aromatic rings. The van der Waals surface area contributed by atoms with Gasteiger partial charge in [-0.15, -0.1) is 0 Å². The molecule has 5 heteroatoms. The second-order valence-electron chi connectivity index (χ2n) is 5.55. The second kappa shape index (κ2) is 5.44. The smallest absolute Gasteiger partial charge is 0.184 e. The number of aromatic nitrogens is 1. The lowest BCUT2D eigenvalue weighted by atomic mass is 9.90. The molecular formula is C19H15N3O2. The highest BCUT2D eigenvalue weighted by molar-refractivity contribution is 6.00. The Hall–Kier alpha value is -3.23. The third kappa shape index (κ3) is 2.05. The van der Waals surface area contributed by atoms with E-state index < -0.39 is 6.23 Å². The van der Waals surface area contributed by atoms with Crippen LogP contribution in [0.15, 0.2) is 54.2 Å². The fraction of sp³-hybridized carbons (Fsp3) is 0.105. The van der Waals surface area contributed by atoms with E-state index in [0.717, 1.165) is 27.6 Å². The van der Waals surface area contributed by atoms with Crippen molar-refractivity contribution in [1.82, 2.24) is 4.98 Å². The maximum Gasteiger partial charge on any atom is 0.184 e. The molecule has 118 valence electrons. The summed E-state index contributed by atoms with van der Waals surface area (Å²) in [7, 11) is 1.61. The summed E-state index contributed by atoms with van der Waals surface area (Å²) >= 11 is 0. The summed E-state index contributed by atoms with van der Waals surface area (Å²) in [4.78, 5) is 3.25. The summed E-state index contributed by atoms with van der Waals surface area (Å²) in [5.41, 5.74) is 9.99. The lowest BCUT2D eigenvalue weighted by molar-refractivity contribution is 0.245. The first kappa shape index (κ1) is 14.4. The molecule has 0 aliphatic carbocycles. The van der Waals surface area contributed by atoms with Gasteiger partial charge in [0.25, 0.3) is 0 Å². The third-order valence-electron chi connectivity index (χ3n) is 4.24. The number of fused-ring (bicyclic) bond motifs is 2. The summed E-state index contributed by atoms with van der Waals surface area (Å²) in [5, 5.41) is 10.7. The zero-order chi connectivity index (χ0) is 16.7. The van der Waals surface area contributed by atoms with Crippen LogP contribution in [0.1, 0.15) is 11.1 Å². The summed E-state index contributed by atoms with van der Waals surface area (Å²) in [6.07, 6.45) is 1.11. The number of rotatable bonds is 2. The second-order valence-corrected chi connectivity index (χ2v) is 5.55. The number of methoxy groups -OCH3 is 1. The van der Waals surface area contributed by atoms with Crippen LogP contribution < -0.4 is 15.2 Å². The van der Waals surface area contributed by atoms with Crippen LogP contribution in [0.25, 0.3) is 16.5 Å². The Bertz CT molecular complexity index is 1010. The number of aromatic amines is 1. The van der Waals surface area contributed by atoms with Gasteiger partial charge < -0.3 is 14.5 Å². The minimum atomic E-state index is -0.792. The maximum atomic E-state index is 9.65. The van der Waals surface area contributed by atoms with Crippen molar-refractivity contribution in [2.45, 2.75) is 6.23 Å². The van der Waals surface area contributed by atoms with Gasteiger partial charge in [-0.3, -0.25) is 5.73 Å². The molecule has 0 saturated carbocycles. The Kier molecular flexibility index (Phi) is 3.26. The zero-order valence-corrected chi connectivity index (χ0v) is 13.0. The summed E-state index contributed by atoms with van der Waals surface area (Å²) in [5.74, 6) is 1.34. The first-order chi connectivity index (χ1) is 11.7. The molecular weight excluding hydrogens is 302 g/mol. The van der Waals surface area contributed by atoms with E-state index in [2.05, 4.69) is 11.1 Å². The van der Waals surface area contributed by atoms with Crippen LogP contribution in [0.5, 0.6) is 11.5 Å². The molecule has 0 unspecified atom stereocenters. The number of ether oxygens (including phenoxy) is 2. The number of nitriles is 1. The SMILES string of the molecule is COc1ccc2c(c1)C(c1c[nH]c3ccccc13)=C(C#N)[C@@H](N)O2. The van der Waals surface area contributed by atoms with Crippen molar-refractivity contribution in [3.8, 4) is 17.6 Å². The average molecular weight is 317 g/mol. The monoisotopic (exact) mass is 317 g/mol. The number of nitrogens with zero attached hydrogens (tertiary/aromatic N) is 1. The van der Waals surface area contributed by atoms with Crippen molar-refractivity contribution in [3.63, 3.8) is 0 Å². The molecule has 0 amide bonds. The van der Waals surface area contributed by atoms with Crippen molar-refractivity contribution in [1.29, 1.82) is 5.26 Å². The fourth-order valence-corrected chi connectivity index (χ4v) is 3.11. The van der Waals surface area contributed by atoms with E-state index in [1.54, 1.807) is 7.11 Å². The van der Waals surface area contributed by atoms with Crippen molar-refractivity contribution in [2.24, 2.45) is 5.73 Å². The van der Waals surface area contributed by atoms with E-state index >= 15 is 0 Å². The third-order valence-corrected chi connectivity index (χ3v) is 4.24. The van der Waals surface area contributed by atoms with E-state index in [1.807, 2.05) is 48.7 Å². The minimum absolute atomic E-state index is 0.403. The standard InChI is InChI=1S/C19H15N3O2/c1-23-11-6-7-17-13(8-11)18(14(9-20)19(21)24-17)15-10-22-16-5-3-2-4-12(15)16/h2-8,10,19,22H,21H2,1H3/t19-/m0/s1. The van der Waals surface area contributed by atoms with Crippen LogP contribution in [-0.2, 0) is 0 Å². The number of para-hydroxylation sites is 1. The van der Waals surface area contributed by atoms with E-state index in [4.69, 9.17) is 15.2 Å². The number of benzene rings is 2. The van der Waals surface area contributed by atoms with Crippen LogP contribution in [0.2, 0.25) is 0 Å². The van der Waals surface area contributed by atoms with Gasteiger partial charge in [-0.05, 0) is 24.3 Å². The Morgan fingerprint density at radius 3 is 2.83 bits per heavy atom. The topological polar surface area (TPSA) is 84.1 Å². The molecule has 0 radical (unpaired) electrons. The minimum Gasteiger partial charge on any atom is -0.497 e. The molecule has 0 bridgehead atoms. The van der Waals surface area contributed by atoms with Crippen LogP contribution in [0.3, 0.4) is 0 Å². The number of H-pyrrole nitrogens is 1. The molecule has 2 aromatic carbocycles. The molecule has 2 heterocycles. The quantitative estimate of drug-likeness (QED) is 0.760. The summed E-state index contributed by atoms with van der Waals surface area (Å²) in [6.45, 7) is 0. The highest BCUT2D eigenvalue weighted by Gasteiger charge is 2.29. The van der Waals surface area contributed by atoms with Gasteiger partial charge in [0.05, 0.1) is 12.7 Å². The normalized spacial score (nSPS) is 16.5. The lowest BCUT2D eigenvalue weighted by Crippen LogP contribution is -2.32. The number of nitrogens with one attached hydrogen (secondary N) is 1. The molecule has 1 aliphatic heterocycles. The fourth-order valence-electron chi connectivity index (χ4n) is 3.11. The predicted octanol–water partition coefficient (Wildman–Crippen LogP) is 3.18. The van der Waals surface area contributed by atoms with Crippen LogP contribution in [0.4, 0.5) is 0 Å². The highest BCUT2D eigenvalue weighted by Crippen LogP contribution is 2.42. The molecule has 5 nitrogen and oxygen atoms in total. The Labute approximate surface area is 138 Å². The number of hydrogen-bond acceptors (Lipinski definition) is 4. The molecule has 1 aliphatic rings. The zero-order valence-electron chi connectivity index (χ0n) is 13.0. The summed E-state index contributed by atoms with van der Waals surface area (Å²) < 4.78 is 11.0. The molecule has 24 heavy (non-hydrogen) atoms. The van der Waals surface area contributed by atoms with Crippen molar-refractivity contribution < 1.29 is 9.47 Å². The Balaban J connectivity index is 2.05. The molecule has 4 rings (SSSR count). The van der Waals surface area contributed by atoms with Gasteiger partial charge in [0.2, 0.25) is 0 Å². The first-order valence-electron chi connectivity index (χ1n) is 7.54. The van der Waals surface area contributed by atoms with Gasteiger partial charge in [0.15, 0.2) is 6.23 Å². The van der Waals surface area contributed by atoms with Crippen LogP contribution in [-0.4, -0.2) is 18.3 Å². The molecule has 0 fully saturated rings. The average Bonchev–Trinajstić information content (AvgIpc) is 3.04. The summed E-state index contributed by atoms with van der Waals surface area (Å²) in [6, 6.07) is 15.7. The van der Waals surface area contributed by atoms with E-state index in [0.29, 0.717) is 17.1 Å². The van der Waals surface area contributed by atoms with Gasteiger partial charge in [-0.25, -0.2) is 0 Å². The predicted molar refractivity (Wildman–Crippen MR) is 91.5 cm³/mol. The molecule has 1 atom stereocenters. The van der Waals surface area contributed by atoms with Gasteiger partial charge >= 0.3 is 0 Å². The Morgan fingerprint density at radius 1 is 1.21 bits per heavy atom. The number of hydrogen-bond donors (Lipinski definition) is 2. The largest absolute Gasteiger partial charge is 0.497 e. The van der Waals surface area contributed by atoms with E-state index in [-0.39, 0.29) is 0 Å². The molecule has 0 spiro atoms. The number of nitrogens with two attached hydrogens (primary N) is 1. The Morgan fingerprint density at radius 2 is 2.04 bits per heavy atom. The van der Waals surface area contributed by atoms with Gasteiger partial charge in [0, 0.05) is 33.8 Å². The van der Waals surface area contributed by atoms with Crippen LogP contribution >= 0.6 is 0 Å². The lowest BCUT2D eigenvalue weighted by Gasteiger charge is -2.26. The van der Waals surface area contributed by atoms with E-state index in [9.17, 15) is 5.26 Å². The maximum absolute atomic E-state index is 9.65. The van der Waals surface area contributed by atoms with Crippen molar-refractivity contribution in [2.75, 3.05) is 7.11 Å².